The third-order valence-corrected chi connectivity index (χ3v) is 3.77. The largest absolute Gasteiger partial charge is 0.449 e. The average Bonchev–Trinajstić information content (AvgIpc) is 2.44. The Hall–Kier alpha value is -1.96. The van der Waals surface area contributed by atoms with E-state index in [-0.39, 0.29) is 23.9 Å². The molecule has 0 bridgehead atoms. The Bertz CT molecular complexity index is 486. The number of esters is 1. The number of terminal acetylenes is 1. The molecule has 1 rings (SSSR count). The molecule has 0 N–H and O–H groups in total. The third-order valence-electron chi connectivity index (χ3n) is 3.77. The van der Waals surface area contributed by atoms with E-state index in [1.807, 2.05) is 26.8 Å². The molecular formula is C18H27NO4. The number of rotatable bonds is 4. The van der Waals surface area contributed by atoms with E-state index in [1.54, 1.807) is 4.90 Å². The van der Waals surface area contributed by atoms with Gasteiger partial charge in [0.05, 0.1) is 0 Å². The predicted molar refractivity (Wildman–Crippen MR) is 88.6 cm³/mol. The second-order valence-electron chi connectivity index (χ2n) is 6.88. The summed E-state index contributed by atoms with van der Waals surface area (Å²) in [5.41, 5.74) is -0.512. The summed E-state index contributed by atoms with van der Waals surface area (Å²) < 4.78 is 10.5. The molecule has 3 atom stereocenters. The second kappa shape index (κ2) is 8.05. The standard InChI is InChI=1S/C18H27NO4/c1-7-14-12-19(17(21)23-18(4,5)6)10-9-15(14)11-16(8-2)22-13(3)20/h2,7,14-16H,1,9-12H2,3-6H3/t14-,15-,16-/m0/s1. The number of amides is 1. The van der Waals surface area contributed by atoms with Crippen LogP contribution in [0.25, 0.3) is 0 Å². The Labute approximate surface area is 139 Å². The normalized spacial score (nSPS) is 22.7. The van der Waals surface area contributed by atoms with Crippen molar-refractivity contribution in [3.63, 3.8) is 0 Å². The van der Waals surface area contributed by atoms with Crippen LogP contribution < -0.4 is 0 Å². The number of piperidine rings is 1. The molecular weight excluding hydrogens is 294 g/mol. The van der Waals surface area contributed by atoms with E-state index in [4.69, 9.17) is 15.9 Å². The monoisotopic (exact) mass is 321 g/mol. The van der Waals surface area contributed by atoms with Crippen LogP contribution in [0.3, 0.4) is 0 Å². The minimum absolute atomic E-state index is 0.0997. The van der Waals surface area contributed by atoms with Crippen molar-refractivity contribution < 1.29 is 19.1 Å². The molecule has 128 valence electrons. The first-order valence-electron chi connectivity index (χ1n) is 7.90. The molecule has 0 aromatic rings. The molecule has 0 aliphatic carbocycles. The zero-order chi connectivity index (χ0) is 17.6. The van der Waals surface area contributed by atoms with Gasteiger partial charge >= 0.3 is 12.1 Å². The number of ether oxygens (including phenoxy) is 2. The first kappa shape index (κ1) is 19.1. The van der Waals surface area contributed by atoms with Crippen LogP contribution in [-0.2, 0) is 14.3 Å². The highest BCUT2D eigenvalue weighted by molar-refractivity contribution is 5.68. The maximum absolute atomic E-state index is 12.2. The van der Waals surface area contributed by atoms with E-state index in [2.05, 4.69) is 12.5 Å². The summed E-state index contributed by atoms with van der Waals surface area (Å²) in [5, 5.41) is 0. The molecule has 1 aliphatic rings. The van der Waals surface area contributed by atoms with Crippen molar-refractivity contribution in [1.82, 2.24) is 4.90 Å². The van der Waals surface area contributed by atoms with Gasteiger partial charge in [-0.1, -0.05) is 12.0 Å². The van der Waals surface area contributed by atoms with Gasteiger partial charge in [0.2, 0.25) is 0 Å². The van der Waals surface area contributed by atoms with Gasteiger partial charge in [-0.25, -0.2) is 4.79 Å². The van der Waals surface area contributed by atoms with Crippen LogP contribution in [0.1, 0.15) is 40.5 Å². The quantitative estimate of drug-likeness (QED) is 0.454. The topological polar surface area (TPSA) is 55.8 Å². The van der Waals surface area contributed by atoms with E-state index < -0.39 is 11.7 Å². The van der Waals surface area contributed by atoms with Gasteiger partial charge in [-0.2, -0.15) is 0 Å². The molecule has 0 saturated carbocycles. The summed E-state index contributed by atoms with van der Waals surface area (Å²) in [6.45, 7) is 11.9. The number of carbonyl (C=O) groups excluding carboxylic acids is 2. The summed E-state index contributed by atoms with van der Waals surface area (Å²) in [5.74, 6) is 2.46. The van der Waals surface area contributed by atoms with Gasteiger partial charge in [0.25, 0.3) is 0 Å². The second-order valence-corrected chi connectivity index (χ2v) is 6.88. The maximum Gasteiger partial charge on any atom is 0.410 e. The highest BCUT2D eigenvalue weighted by atomic mass is 16.6. The van der Waals surface area contributed by atoms with Gasteiger partial charge in [-0.15, -0.1) is 13.0 Å². The molecule has 0 unspecified atom stereocenters. The molecule has 1 fully saturated rings. The maximum atomic E-state index is 12.2. The zero-order valence-corrected chi connectivity index (χ0v) is 14.5. The van der Waals surface area contributed by atoms with Crippen LogP contribution >= 0.6 is 0 Å². The third kappa shape index (κ3) is 6.35. The van der Waals surface area contributed by atoms with Crippen LogP contribution in [0, 0.1) is 24.2 Å². The van der Waals surface area contributed by atoms with E-state index >= 15 is 0 Å². The van der Waals surface area contributed by atoms with Crippen molar-refractivity contribution in [2.75, 3.05) is 13.1 Å². The SMILES string of the molecule is C#C[C@@H](C[C@@H]1CCN(C(=O)OC(C)(C)C)C[C@@H]1C=C)OC(C)=O. The first-order valence-corrected chi connectivity index (χ1v) is 7.90. The fourth-order valence-electron chi connectivity index (χ4n) is 2.71. The lowest BCUT2D eigenvalue weighted by molar-refractivity contribution is -0.144. The van der Waals surface area contributed by atoms with Crippen LogP contribution in [-0.4, -0.2) is 41.8 Å². The highest BCUT2D eigenvalue weighted by Gasteiger charge is 2.33. The molecule has 1 heterocycles. The van der Waals surface area contributed by atoms with Gasteiger partial charge in [-0.05, 0) is 45.4 Å². The fraction of sp³-hybridized carbons (Fsp3) is 0.667. The molecule has 0 aromatic carbocycles. The molecule has 5 heteroatoms. The summed E-state index contributed by atoms with van der Waals surface area (Å²) in [4.78, 5) is 24.9. The minimum Gasteiger partial charge on any atom is -0.449 e. The first-order chi connectivity index (χ1) is 10.7. The molecule has 23 heavy (non-hydrogen) atoms. The lowest BCUT2D eigenvalue weighted by atomic mass is 9.82. The number of hydrogen-bond donors (Lipinski definition) is 0. The molecule has 1 amide bonds. The van der Waals surface area contributed by atoms with Crippen LogP contribution in [0.5, 0.6) is 0 Å². The number of carbonyl (C=O) groups is 2. The van der Waals surface area contributed by atoms with Crippen molar-refractivity contribution in [1.29, 1.82) is 0 Å². The lowest BCUT2D eigenvalue weighted by Gasteiger charge is -2.38. The van der Waals surface area contributed by atoms with Crippen molar-refractivity contribution in [3.05, 3.63) is 12.7 Å². The van der Waals surface area contributed by atoms with Gasteiger partial charge in [0.15, 0.2) is 6.10 Å². The smallest absolute Gasteiger partial charge is 0.410 e. The fourth-order valence-corrected chi connectivity index (χ4v) is 2.71. The van der Waals surface area contributed by atoms with Crippen LogP contribution in [0.15, 0.2) is 12.7 Å². The molecule has 5 nitrogen and oxygen atoms in total. The Morgan fingerprint density at radius 1 is 1.48 bits per heavy atom. The lowest BCUT2D eigenvalue weighted by Crippen LogP contribution is -2.46. The summed E-state index contributed by atoms with van der Waals surface area (Å²) in [6.07, 6.45) is 7.78. The van der Waals surface area contributed by atoms with E-state index in [0.717, 1.165) is 6.42 Å². The zero-order valence-electron chi connectivity index (χ0n) is 14.5. The van der Waals surface area contributed by atoms with E-state index in [1.165, 1.54) is 6.92 Å². The Balaban J connectivity index is 2.65. The molecule has 0 aromatic heterocycles. The van der Waals surface area contributed by atoms with E-state index in [0.29, 0.717) is 19.5 Å². The Kier molecular flexibility index (Phi) is 6.68. The molecule has 1 aliphatic heterocycles. The molecule has 0 radical (unpaired) electrons. The summed E-state index contributed by atoms with van der Waals surface area (Å²) in [7, 11) is 0. The van der Waals surface area contributed by atoms with Gasteiger partial charge < -0.3 is 14.4 Å². The summed E-state index contributed by atoms with van der Waals surface area (Å²) >= 11 is 0. The highest BCUT2D eigenvalue weighted by Crippen LogP contribution is 2.30. The van der Waals surface area contributed by atoms with Crippen molar-refractivity contribution in [2.45, 2.75) is 52.2 Å². The minimum atomic E-state index is -0.534. The van der Waals surface area contributed by atoms with Crippen molar-refractivity contribution in [2.24, 2.45) is 11.8 Å². The number of nitrogens with zero attached hydrogens (tertiary/aromatic N) is 1. The number of likely N-dealkylation sites (tertiary alicyclic amines) is 1. The van der Waals surface area contributed by atoms with Gasteiger partial charge in [0, 0.05) is 20.0 Å². The number of hydrogen-bond acceptors (Lipinski definition) is 4. The van der Waals surface area contributed by atoms with Gasteiger partial charge in [0.1, 0.15) is 5.60 Å². The average molecular weight is 321 g/mol. The Morgan fingerprint density at radius 2 is 2.13 bits per heavy atom. The van der Waals surface area contributed by atoms with Crippen molar-refractivity contribution >= 4 is 12.1 Å². The molecule has 0 spiro atoms. The van der Waals surface area contributed by atoms with E-state index in [9.17, 15) is 9.59 Å². The van der Waals surface area contributed by atoms with Crippen molar-refractivity contribution in [3.8, 4) is 12.3 Å². The summed E-state index contributed by atoms with van der Waals surface area (Å²) in [6, 6.07) is 0. The van der Waals surface area contributed by atoms with Crippen LogP contribution in [0.2, 0.25) is 0 Å². The Morgan fingerprint density at radius 3 is 2.61 bits per heavy atom. The predicted octanol–water partition coefficient (Wildman–Crippen LogP) is 3.00. The molecule has 1 saturated heterocycles. The van der Waals surface area contributed by atoms with Gasteiger partial charge in [-0.3, -0.25) is 4.79 Å². The van der Waals surface area contributed by atoms with Crippen LogP contribution in [0.4, 0.5) is 4.79 Å².